The van der Waals surface area contributed by atoms with Crippen LogP contribution in [0.2, 0.25) is 0 Å². The molecule has 0 aliphatic heterocycles. The molecule has 0 N–H and O–H groups in total. The first-order valence-electron chi connectivity index (χ1n) is 19.6. The van der Waals surface area contributed by atoms with Crippen molar-refractivity contribution in [2.24, 2.45) is 0 Å². The quantitative estimate of drug-likeness (QED) is 0.107. The van der Waals surface area contributed by atoms with Gasteiger partial charge in [-0.3, -0.25) is 9.59 Å². The summed E-state index contributed by atoms with van der Waals surface area (Å²) in [4.78, 5) is 15.0. The zero-order valence-corrected chi connectivity index (χ0v) is 38.4. The standard InChI is InChI=1S/3C18H15P.2CO.Ru/c3*1-4-10-16(11-5-1)19(17-12-6-2-7-13-17)18-14-8-3-9-15-18;2*1-2;/h3*1-15H;;;. The smallest absolute Gasteiger partial charge is 0.281 e. The molecule has 0 spiro atoms. The van der Waals surface area contributed by atoms with Gasteiger partial charge in [0.1, 0.15) is 0 Å². The summed E-state index contributed by atoms with van der Waals surface area (Å²) in [5.74, 6) is 0. The fourth-order valence-electron chi connectivity index (χ4n) is 6.54. The maximum Gasteiger partial charge on any atom is 0.281 e. The van der Waals surface area contributed by atoms with Crippen molar-refractivity contribution in [1.29, 1.82) is 0 Å². The molecule has 9 aromatic rings. The molecule has 6 heteroatoms. The summed E-state index contributed by atoms with van der Waals surface area (Å²) >= 11 is 0. The molecule has 0 saturated carbocycles. The van der Waals surface area contributed by atoms with Crippen molar-refractivity contribution in [2.75, 3.05) is 0 Å². The third kappa shape index (κ3) is 14.7. The second-order valence-corrected chi connectivity index (χ2v) is 19.7. The van der Waals surface area contributed by atoms with Crippen molar-refractivity contribution < 1.29 is 29.1 Å². The predicted octanol–water partition coefficient (Wildman–Crippen LogP) is 9.54. The molecular weight excluding hydrogens is 899 g/mol. The van der Waals surface area contributed by atoms with Gasteiger partial charge in [0, 0.05) is 19.5 Å². The van der Waals surface area contributed by atoms with Gasteiger partial charge in [-0.1, -0.05) is 273 Å². The van der Waals surface area contributed by atoms with Crippen LogP contribution in [-0.4, -0.2) is 13.6 Å². The van der Waals surface area contributed by atoms with Crippen molar-refractivity contribution in [3.8, 4) is 0 Å². The maximum absolute atomic E-state index is 7.50. The third-order valence-corrected chi connectivity index (χ3v) is 16.5. The average molecular weight is 944 g/mol. The number of hydrogen-bond donors (Lipinski definition) is 0. The van der Waals surface area contributed by atoms with Crippen LogP contribution in [-0.2, 0) is 29.1 Å². The molecule has 0 aliphatic carbocycles. The number of carbonyl (C=O) groups excluding carboxylic acids is 2. The topological polar surface area (TPSA) is 34.1 Å². The Bertz CT molecular complexity index is 1910. The summed E-state index contributed by atoms with van der Waals surface area (Å²) in [7, 11) is -1.34. The van der Waals surface area contributed by atoms with Gasteiger partial charge in [0.2, 0.25) is 0 Å². The summed E-state index contributed by atoms with van der Waals surface area (Å²) in [5, 5.41) is 12.6. The first-order chi connectivity index (χ1) is 30.3. The Hall–Kier alpha value is -5.77. The minimum absolute atomic E-state index is 0. The van der Waals surface area contributed by atoms with Crippen molar-refractivity contribution in [2.45, 2.75) is 0 Å². The molecule has 0 saturated heterocycles. The molecule has 0 aromatic heterocycles. The molecule has 9 rings (SSSR count). The second-order valence-electron chi connectivity index (χ2n) is 13.0. The van der Waals surface area contributed by atoms with E-state index >= 15 is 0 Å². The van der Waals surface area contributed by atoms with Crippen LogP contribution in [0.15, 0.2) is 273 Å². The summed E-state index contributed by atoms with van der Waals surface area (Å²) in [5.41, 5.74) is 0. The average Bonchev–Trinajstić information content (AvgIpc) is 3.37. The van der Waals surface area contributed by atoms with Crippen LogP contribution in [0.1, 0.15) is 0 Å². The van der Waals surface area contributed by atoms with Crippen molar-refractivity contribution in [3.05, 3.63) is 273 Å². The van der Waals surface area contributed by atoms with E-state index in [9.17, 15) is 0 Å². The van der Waals surface area contributed by atoms with Gasteiger partial charge in [0.05, 0.1) is 0 Å². The normalized spacial score (nSPS) is 9.85. The number of rotatable bonds is 9. The Kier molecular flexibility index (Phi) is 22.6. The molecule has 0 aliphatic rings. The molecule has 0 fully saturated rings. The summed E-state index contributed by atoms with van der Waals surface area (Å²) in [6, 6.07) is 97.0. The fraction of sp³-hybridized carbons (Fsp3) is 0. The molecule has 9 aromatic carbocycles. The van der Waals surface area contributed by atoms with E-state index < -0.39 is 23.8 Å². The van der Waals surface area contributed by atoms with E-state index in [1.54, 1.807) is 0 Å². The first-order valence-corrected chi connectivity index (χ1v) is 23.6. The van der Waals surface area contributed by atoms with Gasteiger partial charge in [0.25, 0.3) is 13.6 Å². The van der Waals surface area contributed by atoms with Crippen LogP contribution in [0.3, 0.4) is 0 Å². The molecule has 2 nitrogen and oxygen atoms in total. The van der Waals surface area contributed by atoms with Crippen molar-refractivity contribution >= 4 is 85.1 Å². The van der Waals surface area contributed by atoms with Crippen LogP contribution in [0.25, 0.3) is 0 Å². The zero-order chi connectivity index (χ0) is 42.7. The Balaban J connectivity index is 0.000000195. The third-order valence-electron chi connectivity index (χ3n) is 9.13. The van der Waals surface area contributed by atoms with Crippen molar-refractivity contribution in [3.63, 3.8) is 0 Å². The Morgan fingerprint density at radius 2 is 0.258 bits per heavy atom. The van der Waals surface area contributed by atoms with E-state index in [2.05, 4.69) is 287 Å². The SMILES string of the molecule is [C]=O.[C]=O.[Ru].c1ccc(P(c2ccccc2)c2ccccc2)cc1.c1ccc(P(c2ccccc2)c2ccccc2)cc1.c1ccc(P(c2ccccc2)c2ccccc2)cc1. The van der Waals surface area contributed by atoms with E-state index in [0.29, 0.717) is 0 Å². The number of benzene rings is 9. The van der Waals surface area contributed by atoms with E-state index in [1.165, 1.54) is 47.7 Å². The van der Waals surface area contributed by atoms with Gasteiger partial charge in [-0.05, 0) is 71.5 Å². The zero-order valence-electron chi connectivity index (χ0n) is 34.0. The molecule has 0 unspecified atom stereocenters. The van der Waals surface area contributed by atoms with Crippen LogP contribution in [0, 0.1) is 0 Å². The molecule has 0 bridgehead atoms. The summed E-state index contributed by atoms with van der Waals surface area (Å²) < 4.78 is 0. The summed E-state index contributed by atoms with van der Waals surface area (Å²) in [6.45, 7) is 9.00. The molecule has 0 amide bonds. The molecular formula is C56H45O2P3Ru. The van der Waals surface area contributed by atoms with Gasteiger partial charge in [0.15, 0.2) is 0 Å². The Morgan fingerprint density at radius 1 is 0.177 bits per heavy atom. The van der Waals surface area contributed by atoms with Crippen LogP contribution in [0.4, 0.5) is 0 Å². The van der Waals surface area contributed by atoms with Gasteiger partial charge in [-0.25, -0.2) is 0 Å². The molecule has 304 valence electrons. The largest absolute Gasteiger partial charge is 0.281 e. The van der Waals surface area contributed by atoms with Crippen LogP contribution < -0.4 is 47.7 Å². The Labute approximate surface area is 384 Å². The first kappa shape index (κ1) is 48.9. The maximum atomic E-state index is 7.50. The van der Waals surface area contributed by atoms with Gasteiger partial charge < -0.3 is 0 Å². The summed E-state index contributed by atoms with van der Waals surface area (Å²) in [6.07, 6.45) is 0. The second kappa shape index (κ2) is 28.7. The van der Waals surface area contributed by atoms with Gasteiger partial charge >= 0.3 is 0 Å². The predicted molar refractivity (Wildman–Crippen MR) is 267 cm³/mol. The van der Waals surface area contributed by atoms with Crippen LogP contribution in [0.5, 0.6) is 0 Å². The van der Waals surface area contributed by atoms with Gasteiger partial charge in [-0.15, -0.1) is 0 Å². The fourth-order valence-corrected chi connectivity index (χ4v) is 13.5. The van der Waals surface area contributed by atoms with E-state index in [0.717, 1.165) is 0 Å². The van der Waals surface area contributed by atoms with Crippen molar-refractivity contribution in [1.82, 2.24) is 0 Å². The molecule has 4 radical (unpaired) electrons. The monoisotopic (exact) mass is 944 g/mol. The number of hydrogen-bond acceptors (Lipinski definition) is 2. The molecule has 0 heterocycles. The van der Waals surface area contributed by atoms with Crippen LogP contribution >= 0.6 is 23.8 Å². The minimum Gasteiger partial charge on any atom is -0.281 e. The van der Waals surface area contributed by atoms with Gasteiger partial charge in [-0.2, -0.15) is 0 Å². The molecule has 62 heavy (non-hydrogen) atoms. The van der Waals surface area contributed by atoms with E-state index in [1.807, 2.05) is 0 Å². The minimum atomic E-state index is -0.446. The van der Waals surface area contributed by atoms with E-state index in [-0.39, 0.29) is 19.5 Å². The van der Waals surface area contributed by atoms with E-state index in [4.69, 9.17) is 9.59 Å². The Morgan fingerprint density at radius 3 is 0.339 bits per heavy atom. The molecule has 0 atom stereocenters.